The Balaban J connectivity index is 1.72. The number of fused-ring (bicyclic) bond motifs is 2. The molecule has 3 aliphatic heterocycles. The molecule has 2 saturated heterocycles. The number of allylic oxidation sites excluding steroid dienone is 1. The van der Waals surface area contributed by atoms with Crippen LogP contribution in [0.4, 0.5) is 0 Å². The minimum Gasteiger partial charge on any atom is -0.376 e. The Bertz CT molecular complexity index is 277. The lowest BCUT2D eigenvalue weighted by Crippen LogP contribution is -2.43. The molecule has 0 unspecified atom stereocenters. The molecule has 4 atom stereocenters. The Morgan fingerprint density at radius 1 is 0.824 bits per heavy atom. The smallest absolute Gasteiger partial charge is 0.102 e. The van der Waals surface area contributed by atoms with Crippen LogP contribution in [0.25, 0.3) is 0 Å². The third-order valence-electron chi connectivity index (χ3n) is 3.98. The van der Waals surface area contributed by atoms with Gasteiger partial charge in [-0.1, -0.05) is 12.2 Å². The van der Waals surface area contributed by atoms with Crippen molar-refractivity contribution in [3.63, 3.8) is 0 Å². The first-order valence-electron chi connectivity index (χ1n) is 6.99. The predicted octanol–water partition coefficient (Wildman–Crippen LogP) is 2.45. The van der Waals surface area contributed by atoms with E-state index in [1.807, 2.05) is 0 Å². The van der Waals surface area contributed by atoms with Crippen LogP contribution in [-0.2, 0) is 14.2 Å². The molecular formula is C14H22O3. The Morgan fingerprint density at radius 2 is 1.65 bits per heavy atom. The van der Waals surface area contributed by atoms with Gasteiger partial charge in [0.15, 0.2) is 0 Å². The van der Waals surface area contributed by atoms with Gasteiger partial charge in [-0.15, -0.1) is 0 Å². The van der Waals surface area contributed by atoms with E-state index in [0.717, 1.165) is 51.7 Å². The average molecular weight is 238 g/mol. The maximum atomic E-state index is 6.28. The predicted molar refractivity (Wildman–Crippen MR) is 65.0 cm³/mol. The van der Waals surface area contributed by atoms with Gasteiger partial charge in [-0.05, 0) is 38.5 Å². The first kappa shape index (κ1) is 11.7. The van der Waals surface area contributed by atoms with Crippen LogP contribution < -0.4 is 0 Å². The molecule has 3 rings (SSSR count). The van der Waals surface area contributed by atoms with Crippen molar-refractivity contribution in [3.8, 4) is 0 Å². The largest absolute Gasteiger partial charge is 0.376 e. The quantitative estimate of drug-likeness (QED) is 0.607. The Hall–Kier alpha value is -0.380. The van der Waals surface area contributed by atoms with Crippen LogP contribution in [0.1, 0.15) is 38.5 Å². The molecule has 3 aliphatic rings. The fourth-order valence-corrected chi connectivity index (χ4v) is 3.05. The van der Waals surface area contributed by atoms with E-state index in [-0.39, 0.29) is 18.3 Å². The Labute approximate surface area is 103 Å². The van der Waals surface area contributed by atoms with E-state index in [0.29, 0.717) is 6.10 Å². The van der Waals surface area contributed by atoms with Crippen LogP contribution in [0.2, 0.25) is 0 Å². The highest BCUT2D eigenvalue weighted by Gasteiger charge is 2.33. The highest BCUT2D eigenvalue weighted by Crippen LogP contribution is 2.28. The van der Waals surface area contributed by atoms with Crippen LogP contribution in [-0.4, -0.2) is 37.6 Å². The van der Waals surface area contributed by atoms with Crippen LogP contribution in [0, 0.1) is 0 Å². The first-order chi connectivity index (χ1) is 8.43. The standard InChI is InChI=1S/C14H22O3/c1-2-6-12-14(8-4-10-16-12)17-13-7-3-9-15-11(13)5-1/h1,5,11-14H,2-4,6-10H2/b5-1+/t11-,12+,13+,14-/m0/s1. The van der Waals surface area contributed by atoms with Crippen LogP contribution in [0.15, 0.2) is 12.2 Å². The molecule has 0 spiro atoms. The molecule has 3 heteroatoms. The summed E-state index contributed by atoms with van der Waals surface area (Å²) in [6.45, 7) is 1.78. The van der Waals surface area contributed by atoms with E-state index in [1.54, 1.807) is 0 Å². The van der Waals surface area contributed by atoms with E-state index in [9.17, 15) is 0 Å². The molecular weight excluding hydrogens is 216 g/mol. The third-order valence-corrected chi connectivity index (χ3v) is 3.98. The second-order valence-corrected chi connectivity index (χ2v) is 5.25. The normalized spacial score (nSPS) is 44.7. The van der Waals surface area contributed by atoms with Crippen molar-refractivity contribution in [2.24, 2.45) is 0 Å². The van der Waals surface area contributed by atoms with Crippen LogP contribution in [0.3, 0.4) is 0 Å². The zero-order chi connectivity index (χ0) is 11.5. The molecule has 3 heterocycles. The molecule has 2 fully saturated rings. The highest BCUT2D eigenvalue weighted by atomic mass is 16.6. The molecule has 0 N–H and O–H groups in total. The van der Waals surface area contributed by atoms with Gasteiger partial charge < -0.3 is 14.2 Å². The monoisotopic (exact) mass is 238 g/mol. The van der Waals surface area contributed by atoms with Crippen LogP contribution >= 0.6 is 0 Å². The summed E-state index contributed by atoms with van der Waals surface area (Å²) in [7, 11) is 0. The second kappa shape index (κ2) is 5.51. The summed E-state index contributed by atoms with van der Waals surface area (Å²) in [6, 6.07) is 0. The van der Waals surface area contributed by atoms with E-state index in [2.05, 4.69) is 12.2 Å². The van der Waals surface area contributed by atoms with Gasteiger partial charge in [0.2, 0.25) is 0 Å². The molecule has 96 valence electrons. The summed E-state index contributed by atoms with van der Waals surface area (Å²) in [5, 5.41) is 0. The summed E-state index contributed by atoms with van der Waals surface area (Å²) in [5.41, 5.74) is 0. The van der Waals surface area contributed by atoms with Crippen molar-refractivity contribution in [1.82, 2.24) is 0 Å². The number of hydrogen-bond acceptors (Lipinski definition) is 3. The summed E-state index contributed by atoms with van der Waals surface area (Å²) in [4.78, 5) is 0. The molecule has 3 nitrogen and oxygen atoms in total. The number of hydrogen-bond donors (Lipinski definition) is 0. The summed E-state index contributed by atoms with van der Waals surface area (Å²) >= 11 is 0. The van der Waals surface area contributed by atoms with Crippen LogP contribution in [0.5, 0.6) is 0 Å². The van der Waals surface area contributed by atoms with Gasteiger partial charge in [0, 0.05) is 13.2 Å². The van der Waals surface area contributed by atoms with Crippen molar-refractivity contribution in [1.29, 1.82) is 0 Å². The zero-order valence-corrected chi connectivity index (χ0v) is 10.3. The summed E-state index contributed by atoms with van der Waals surface area (Å²) in [6.07, 6.45) is 12.1. The maximum absolute atomic E-state index is 6.28. The van der Waals surface area contributed by atoms with Gasteiger partial charge in [0.05, 0.1) is 18.3 Å². The lowest BCUT2D eigenvalue weighted by atomic mass is 10.0. The van der Waals surface area contributed by atoms with E-state index in [1.165, 1.54) is 0 Å². The molecule has 0 aliphatic carbocycles. The molecule has 0 aromatic carbocycles. The van der Waals surface area contributed by atoms with Gasteiger partial charge in [-0.2, -0.15) is 0 Å². The lowest BCUT2D eigenvalue weighted by Gasteiger charge is -2.37. The molecule has 0 bridgehead atoms. The fraction of sp³-hybridized carbons (Fsp3) is 0.857. The number of rotatable bonds is 0. The molecule has 0 aromatic rings. The highest BCUT2D eigenvalue weighted by molar-refractivity contribution is 4.98. The van der Waals surface area contributed by atoms with Gasteiger partial charge in [-0.3, -0.25) is 0 Å². The molecule has 0 amide bonds. The van der Waals surface area contributed by atoms with Crippen molar-refractivity contribution in [2.45, 2.75) is 62.9 Å². The zero-order valence-electron chi connectivity index (χ0n) is 10.3. The third kappa shape index (κ3) is 2.72. The summed E-state index contributed by atoms with van der Waals surface area (Å²) in [5.74, 6) is 0. The van der Waals surface area contributed by atoms with Gasteiger partial charge in [-0.25, -0.2) is 0 Å². The van der Waals surface area contributed by atoms with E-state index >= 15 is 0 Å². The lowest BCUT2D eigenvalue weighted by molar-refractivity contribution is -0.167. The minimum atomic E-state index is 0.171. The SMILES string of the molecule is C1=C/[C@@H]2OCCC[C@H]2O[C@H]2CCCO[C@@H]2CC/1. The molecule has 0 aromatic heterocycles. The van der Waals surface area contributed by atoms with Gasteiger partial charge >= 0.3 is 0 Å². The fourth-order valence-electron chi connectivity index (χ4n) is 3.05. The Morgan fingerprint density at radius 3 is 2.59 bits per heavy atom. The van der Waals surface area contributed by atoms with Crippen molar-refractivity contribution in [3.05, 3.63) is 12.2 Å². The average Bonchev–Trinajstić information content (AvgIpc) is 2.46. The minimum absolute atomic E-state index is 0.171. The van der Waals surface area contributed by atoms with Gasteiger partial charge in [0.1, 0.15) is 6.10 Å². The molecule has 17 heavy (non-hydrogen) atoms. The second-order valence-electron chi connectivity index (χ2n) is 5.25. The Kier molecular flexibility index (Phi) is 3.79. The van der Waals surface area contributed by atoms with E-state index in [4.69, 9.17) is 14.2 Å². The molecule has 0 radical (unpaired) electrons. The van der Waals surface area contributed by atoms with E-state index < -0.39 is 0 Å². The molecule has 0 saturated carbocycles. The first-order valence-corrected chi connectivity index (χ1v) is 6.99. The summed E-state index contributed by atoms with van der Waals surface area (Å²) < 4.78 is 17.9. The van der Waals surface area contributed by atoms with Gasteiger partial charge in [0.25, 0.3) is 0 Å². The van der Waals surface area contributed by atoms with Crippen molar-refractivity contribution in [2.75, 3.05) is 13.2 Å². The topological polar surface area (TPSA) is 27.7 Å². The van der Waals surface area contributed by atoms with Crippen molar-refractivity contribution < 1.29 is 14.2 Å². The maximum Gasteiger partial charge on any atom is 0.102 e. The van der Waals surface area contributed by atoms with Crippen molar-refractivity contribution >= 4 is 0 Å². The number of ether oxygens (including phenoxy) is 3.